The van der Waals surface area contributed by atoms with Crippen molar-refractivity contribution in [1.82, 2.24) is 0 Å². The van der Waals surface area contributed by atoms with E-state index in [0.717, 1.165) is 19.3 Å². The van der Waals surface area contributed by atoms with Crippen LogP contribution in [0.3, 0.4) is 0 Å². The molecule has 0 bridgehead atoms. The molecule has 0 amide bonds. The van der Waals surface area contributed by atoms with E-state index in [1.807, 2.05) is 0 Å². The summed E-state index contributed by atoms with van der Waals surface area (Å²) in [5.74, 6) is 0. The van der Waals surface area contributed by atoms with Gasteiger partial charge in [0, 0.05) is 25.7 Å². The first-order valence-corrected chi connectivity index (χ1v) is 5.13. The molecule has 1 saturated carbocycles. The molecule has 2 atom stereocenters. The quantitative estimate of drug-likeness (QED) is 0.687. The van der Waals surface area contributed by atoms with E-state index in [2.05, 4.69) is 0 Å². The van der Waals surface area contributed by atoms with Gasteiger partial charge in [-0.15, -0.1) is 0 Å². The molecule has 78 valence electrons. The Kier molecular flexibility index (Phi) is 4.16. The van der Waals surface area contributed by atoms with E-state index in [1.165, 1.54) is 12.8 Å². The zero-order valence-electron chi connectivity index (χ0n) is 8.46. The van der Waals surface area contributed by atoms with Gasteiger partial charge in [-0.3, -0.25) is 0 Å². The molecule has 0 aromatic carbocycles. The molecule has 0 aromatic heterocycles. The second kappa shape index (κ2) is 4.94. The predicted molar refractivity (Wildman–Crippen MR) is 52.5 cm³/mol. The summed E-state index contributed by atoms with van der Waals surface area (Å²) in [6, 6.07) is 0. The van der Waals surface area contributed by atoms with Crippen molar-refractivity contribution in [1.29, 1.82) is 0 Å². The highest BCUT2D eigenvalue weighted by Crippen LogP contribution is 2.39. The maximum Gasteiger partial charge on any atom is 0.0640 e. The van der Waals surface area contributed by atoms with Crippen LogP contribution >= 0.6 is 0 Å². The van der Waals surface area contributed by atoms with Crippen molar-refractivity contribution in [3.8, 4) is 0 Å². The molecule has 0 heterocycles. The summed E-state index contributed by atoms with van der Waals surface area (Å²) in [6.45, 7) is 0.850. The maximum atomic E-state index is 9.02. The van der Waals surface area contributed by atoms with Crippen LogP contribution < -0.4 is 5.73 Å². The van der Waals surface area contributed by atoms with Gasteiger partial charge < -0.3 is 15.6 Å². The molecule has 13 heavy (non-hydrogen) atoms. The summed E-state index contributed by atoms with van der Waals surface area (Å²) in [6.07, 6.45) is 5.67. The van der Waals surface area contributed by atoms with E-state index < -0.39 is 0 Å². The number of nitrogens with two attached hydrogens (primary N) is 1. The minimum atomic E-state index is 0.0434. The number of aliphatic hydroxyl groups is 1. The van der Waals surface area contributed by atoms with Crippen molar-refractivity contribution in [3.05, 3.63) is 0 Å². The topological polar surface area (TPSA) is 55.5 Å². The zero-order chi connectivity index (χ0) is 9.73. The van der Waals surface area contributed by atoms with Crippen molar-refractivity contribution in [2.75, 3.05) is 20.3 Å². The first kappa shape index (κ1) is 11.0. The molecule has 0 aliphatic heterocycles. The van der Waals surface area contributed by atoms with E-state index in [-0.39, 0.29) is 18.1 Å². The molecule has 3 N–H and O–H groups in total. The summed E-state index contributed by atoms with van der Waals surface area (Å²) in [4.78, 5) is 0. The average molecular weight is 187 g/mol. The molecule has 1 rings (SSSR count). The highest BCUT2D eigenvalue weighted by Gasteiger charge is 2.39. The van der Waals surface area contributed by atoms with Gasteiger partial charge in [-0.25, -0.2) is 0 Å². The summed E-state index contributed by atoms with van der Waals surface area (Å²) in [5, 5.41) is 9.02. The monoisotopic (exact) mass is 187 g/mol. The minimum Gasteiger partial charge on any atom is -0.396 e. The van der Waals surface area contributed by atoms with Crippen molar-refractivity contribution >= 4 is 0 Å². The van der Waals surface area contributed by atoms with Crippen LogP contribution in [0.4, 0.5) is 0 Å². The lowest BCUT2D eigenvalue weighted by atomic mass is 9.70. The molecule has 0 aromatic rings. The summed E-state index contributed by atoms with van der Waals surface area (Å²) in [5.41, 5.74) is 5.84. The van der Waals surface area contributed by atoms with Gasteiger partial charge in [0.2, 0.25) is 0 Å². The Bertz CT molecular complexity index is 148. The number of hydrogen-bond donors (Lipinski definition) is 2. The predicted octanol–water partition coefficient (Wildman–Crippen LogP) is 0.903. The lowest BCUT2D eigenvalue weighted by molar-refractivity contribution is -0.0496. The van der Waals surface area contributed by atoms with Crippen LogP contribution in [0.25, 0.3) is 0 Å². The third kappa shape index (κ3) is 2.22. The Morgan fingerprint density at radius 2 is 2.31 bits per heavy atom. The van der Waals surface area contributed by atoms with Crippen LogP contribution in [0.1, 0.15) is 32.1 Å². The summed E-state index contributed by atoms with van der Waals surface area (Å²) >= 11 is 0. The zero-order valence-corrected chi connectivity index (χ0v) is 8.46. The lowest BCUT2D eigenvalue weighted by Gasteiger charge is -2.42. The molecular formula is C10H21NO2. The van der Waals surface area contributed by atoms with Crippen LogP contribution in [0.2, 0.25) is 0 Å². The van der Waals surface area contributed by atoms with Gasteiger partial charge in [-0.2, -0.15) is 0 Å². The minimum absolute atomic E-state index is 0.0434. The third-order valence-electron chi connectivity index (χ3n) is 3.37. The number of rotatable bonds is 4. The van der Waals surface area contributed by atoms with E-state index in [0.29, 0.717) is 6.54 Å². The van der Waals surface area contributed by atoms with Gasteiger partial charge in [0.1, 0.15) is 0 Å². The fourth-order valence-electron chi connectivity index (χ4n) is 2.49. The molecule has 1 aliphatic rings. The van der Waals surface area contributed by atoms with Crippen LogP contribution in [0, 0.1) is 5.41 Å². The van der Waals surface area contributed by atoms with Crippen molar-refractivity contribution in [3.63, 3.8) is 0 Å². The standard InChI is InChI=1S/C10H21NO2/c1-13-9-4-2-3-5-10(9,8-11)6-7-12/h9,12H,2-8,11H2,1H3. The van der Waals surface area contributed by atoms with Gasteiger partial charge in [0.05, 0.1) is 6.10 Å². The normalized spacial score (nSPS) is 34.8. The van der Waals surface area contributed by atoms with Gasteiger partial charge >= 0.3 is 0 Å². The summed E-state index contributed by atoms with van der Waals surface area (Å²) < 4.78 is 5.46. The smallest absolute Gasteiger partial charge is 0.0640 e. The molecule has 1 fully saturated rings. The molecule has 0 radical (unpaired) electrons. The molecular weight excluding hydrogens is 166 g/mol. The van der Waals surface area contributed by atoms with Crippen molar-refractivity contribution in [2.45, 2.75) is 38.2 Å². The number of ether oxygens (including phenoxy) is 1. The Hall–Kier alpha value is -0.120. The molecule has 2 unspecified atom stereocenters. The second-order valence-corrected chi connectivity index (χ2v) is 4.01. The molecule has 1 aliphatic carbocycles. The average Bonchev–Trinajstić information content (AvgIpc) is 2.19. The lowest BCUT2D eigenvalue weighted by Crippen LogP contribution is -2.45. The van der Waals surface area contributed by atoms with Crippen LogP contribution in [0.5, 0.6) is 0 Å². The van der Waals surface area contributed by atoms with Gasteiger partial charge in [0.25, 0.3) is 0 Å². The highest BCUT2D eigenvalue weighted by atomic mass is 16.5. The Morgan fingerprint density at radius 3 is 2.85 bits per heavy atom. The largest absolute Gasteiger partial charge is 0.396 e. The van der Waals surface area contributed by atoms with Crippen LogP contribution in [0.15, 0.2) is 0 Å². The van der Waals surface area contributed by atoms with Crippen molar-refractivity contribution in [2.24, 2.45) is 11.1 Å². The van der Waals surface area contributed by atoms with E-state index in [9.17, 15) is 0 Å². The van der Waals surface area contributed by atoms with Gasteiger partial charge in [-0.1, -0.05) is 12.8 Å². The van der Waals surface area contributed by atoms with E-state index in [1.54, 1.807) is 7.11 Å². The highest BCUT2D eigenvalue weighted by molar-refractivity contribution is 4.91. The maximum absolute atomic E-state index is 9.02. The van der Waals surface area contributed by atoms with Crippen LogP contribution in [-0.4, -0.2) is 31.5 Å². The number of hydrogen-bond acceptors (Lipinski definition) is 3. The van der Waals surface area contributed by atoms with E-state index in [4.69, 9.17) is 15.6 Å². The number of methoxy groups -OCH3 is 1. The molecule has 0 saturated heterocycles. The van der Waals surface area contributed by atoms with Gasteiger partial charge in [0.15, 0.2) is 0 Å². The SMILES string of the molecule is COC1CCCCC1(CN)CCO. The fourth-order valence-corrected chi connectivity index (χ4v) is 2.49. The second-order valence-electron chi connectivity index (χ2n) is 4.01. The first-order chi connectivity index (χ1) is 6.29. The molecule has 3 heteroatoms. The summed E-state index contributed by atoms with van der Waals surface area (Å²) in [7, 11) is 1.75. The molecule has 3 nitrogen and oxygen atoms in total. The Morgan fingerprint density at radius 1 is 1.54 bits per heavy atom. The Labute approximate surface area is 80.3 Å². The first-order valence-electron chi connectivity index (χ1n) is 5.13. The fraction of sp³-hybridized carbons (Fsp3) is 1.00. The number of aliphatic hydroxyl groups excluding tert-OH is 1. The Balaban J connectivity index is 2.66. The van der Waals surface area contributed by atoms with Gasteiger partial charge in [-0.05, 0) is 19.3 Å². The molecule has 0 spiro atoms. The van der Waals surface area contributed by atoms with E-state index >= 15 is 0 Å². The van der Waals surface area contributed by atoms with Crippen molar-refractivity contribution < 1.29 is 9.84 Å². The van der Waals surface area contributed by atoms with Crippen LogP contribution in [-0.2, 0) is 4.74 Å². The third-order valence-corrected chi connectivity index (χ3v) is 3.37.